The predicted octanol–water partition coefficient (Wildman–Crippen LogP) is 3.21. The SMILES string of the molecule is C=C(/N=C\C(=C(\C)N)c1csc(NC(=O)c2cncnc2)c1C(=O)O)N1CCCCC1. The molecule has 0 bridgehead atoms. The van der Waals surface area contributed by atoms with Crippen LogP contribution in [-0.2, 0) is 0 Å². The van der Waals surface area contributed by atoms with Gasteiger partial charge in [0.1, 0.15) is 22.7 Å². The number of hydrogen-bond donors (Lipinski definition) is 3. The van der Waals surface area contributed by atoms with Crippen molar-refractivity contribution in [2.24, 2.45) is 10.7 Å². The van der Waals surface area contributed by atoms with Gasteiger partial charge in [-0.25, -0.2) is 19.8 Å². The van der Waals surface area contributed by atoms with E-state index >= 15 is 0 Å². The minimum Gasteiger partial charge on any atom is -0.478 e. The third-order valence-corrected chi connectivity index (χ3v) is 5.73. The molecule has 1 saturated heterocycles. The monoisotopic (exact) mass is 440 g/mol. The molecule has 3 heterocycles. The third kappa shape index (κ3) is 5.34. The van der Waals surface area contributed by atoms with E-state index in [1.54, 1.807) is 12.3 Å². The van der Waals surface area contributed by atoms with Gasteiger partial charge in [-0.3, -0.25) is 4.79 Å². The number of carboxylic acid groups (broad SMARTS) is 1. The van der Waals surface area contributed by atoms with Crippen LogP contribution in [0.5, 0.6) is 0 Å². The zero-order valence-corrected chi connectivity index (χ0v) is 18.0. The Hall–Kier alpha value is -3.53. The van der Waals surface area contributed by atoms with Crippen LogP contribution in [0.2, 0.25) is 0 Å². The second-order valence-electron chi connectivity index (χ2n) is 7.06. The van der Waals surface area contributed by atoms with E-state index in [-0.39, 0.29) is 16.1 Å². The van der Waals surface area contributed by atoms with Gasteiger partial charge in [0.25, 0.3) is 5.91 Å². The van der Waals surface area contributed by atoms with Crippen LogP contribution in [0.1, 0.15) is 52.5 Å². The minimum absolute atomic E-state index is 0.0509. The number of nitrogens with one attached hydrogen (secondary N) is 1. The molecule has 0 spiro atoms. The zero-order chi connectivity index (χ0) is 22.4. The van der Waals surface area contributed by atoms with Gasteiger partial charge in [-0.05, 0) is 26.2 Å². The molecule has 1 aliphatic heterocycles. The van der Waals surface area contributed by atoms with Gasteiger partial charge in [0.2, 0.25) is 0 Å². The largest absolute Gasteiger partial charge is 0.478 e. The van der Waals surface area contributed by atoms with Gasteiger partial charge in [-0.2, -0.15) is 0 Å². The number of carbonyl (C=O) groups excluding carboxylic acids is 1. The van der Waals surface area contributed by atoms with Gasteiger partial charge >= 0.3 is 5.97 Å². The lowest BCUT2D eigenvalue weighted by molar-refractivity contribution is 0.0698. The molecule has 0 aliphatic carbocycles. The summed E-state index contributed by atoms with van der Waals surface area (Å²) in [6.45, 7) is 7.49. The molecule has 10 heteroatoms. The number of aliphatic imine (C=N–C) groups is 1. The molecule has 0 saturated carbocycles. The standard InChI is InChI=1S/C21H24N6O3S/c1-13(22)16(10-25-14(2)27-6-4-3-5-7-27)17-11-31-20(18(17)21(29)30)26-19(28)15-8-23-12-24-9-15/h8-12H,2-7,22H2,1H3,(H,26,28)(H,29,30)/b16-13+,25-10-. The summed E-state index contributed by atoms with van der Waals surface area (Å²) in [5, 5.41) is 14.3. The highest BCUT2D eigenvalue weighted by atomic mass is 32.1. The van der Waals surface area contributed by atoms with Gasteiger partial charge in [-0.15, -0.1) is 11.3 Å². The normalized spacial score (nSPS) is 14.9. The maximum Gasteiger partial charge on any atom is 0.339 e. The van der Waals surface area contributed by atoms with Gasteiger partial charge in [0.05, 0.1) is 5.56 Å². The minimum atomic E-state index is -1.18. The van der Waals surface area contributed by atoms with Gasteiger partial charge in [0, 0.05) is 53.9 Å². The average molecular weight is 441 g/mol. The maximum absolute atomic E-state index is 12.4. The predicted molar refractivity (Wildman–Crippen MR) is 121 cm³/mol. The van der Waals surface area contributed by atoms with Crippen molar-refractivity contribution >= 4 is 40.0 Å². The number of rotatable bonds is 7. The highest BCUT2D eigenvalue weighted by Gasteiger charge is 2.23. The Balaban J connectivity index is 1.88. The smallest absolute Gasteiger partial charge is 0.339 e. The van der Waals surface area contributed by atoms with E-state index in [9.17, 15) is 14.7 Å². The lowest BCUT2D eigenvalue weighted by Crippen LogP contribution is -2.27. The number of aromatic carboxylic acids is 1. The highest BCUT2D eigenvalue weighted by Crippen LogP contribution is 2.33. The Morgan fingerprint density at radius 1 is 1.29 bits per heavy atom. The molecule has 0 atom stereocenters. The van der Waals surface area contributed by atoms with Crippen molar-refractivity contribution in [1.29, 1.82) is 0 Å². The first kappa shape index (κ1) is 22.2. The summed E-state index contributed by atoms with van der Waals surface area (Å²) in [6, 6.07) is 0. The van der Waals surface area contributed by atoms with Crippen LogP contribution >= 0.6 is 11.3 Å². The van der Waals surface area contributed by atoms with E-state index in [1.165, 1.54) is 31.4 Å². The van der Waals surface area contributed by atoms with Gasteiger partial charge in [-0.1, -0.05) is 6.58 Å². The van der Waals surface area contributed by atoms with Crippen molar-refractivity contribution in [2.75, 3.05) is 18.4 Å². The number of carboxylic acids is 1. The fraction of sp³-hybridized carbons (Fsp3) is 0.286. The van der Waals surface area contributed by atoms with Crippen LogP contribution in [0.15, 0.2) is 47.2 Å². The molecule has 2 aromatic heterocycles. The van der Waals surface area contributed by atoms with Gasteiger partial charge < -0.3 is 21.1 Å². The lowest BCUT2D eigenvalue weighted by Gasteiger charge is -2.28. The summed E-state index contributed by atoms with van der Waals surface area (Å²) >= 11 is 1.10. The van der Waals surface area contributed by atoms with E-state index in [0.29, 0.717) is 22.7 Å². The Morgan fingerprint density at radius 2 is 1.97 bits per heavy atom. The fourth-order valence-corrected chi connectivity index (χ4v) is 4.16. The maximum atomic E-state index is 12.4. The number of anilines is 1. The molecule has 0 radical (unpaired) electrons. The number of likely N-dealkylation sites (tertiary alicyclic amines) is 1. The summed E-state index contributed by atoms with van der Waals surface area (Å²) in [4.78, 5) is 38.6. The number of carbonyl (C=O) groups is 2. The van der Waals surface area contributed by atoms with E-state index < -0.39 is 11.9 Å². The quantitative estimate of drug-likeness (QED) is 0.563. The second-order valence-corrected chi connectivity index (χ2v) is 7.94. The highest BCUT2D eigenvalue weighted by molar-refractivity contribution is 7.15. The number of nitrogens with two attached hydrogens (primary N) is 1. The van der Waals surface area contributed by atoms with E-state index in [4.69, 9.17) is 5.73 Å². The first-order chi connectivity index (χ1) is 14.9. The van der Waals surface area contributed by atoms with E-state index in [0.717, 1.165) is 37.3 Å². The molecule has 2 aromatic rings. The number of thiophene rings is 1. The molecule has 0 unspecified atom stereocenters. The number of piperidine rings is 1. The van der Waals surface area contributed by atoms with Crippen LogP contribution in [0, 0.1) is 0 Å². The molecule has 9 nitrogen and oxygen atoms in total. The molecule has 31 heavy (non-hydrogen) atoms. The van der Waals surface area contributed by atoms with Crippen molar-refractivity contribution in [2.45, 2.75) is 26.2 Å². The Bertz CT molecular complexity index is 1030. The summed E-state index contributed by atoms with van der Waals surface area (Å²) in [6.07, 6.45) is 8.93. The Morgan fingerprint density at radius 3 is 2.58 bits per heavy atom. The summed E-state index contributed by atoms with van der Waals surface area (Å²) in [5.74, 6) is -1.07. The number of aromatic nitrogens is 2. The molecule has 4 N–H and O–H groups in total. The summed E-state index contributed by atoms with van der Waals surface area (Å²) in [5.41, 5.74) is 7.48. The third-order valence-electron chi connectivity index (χ3n) is 4.83. The van der Waals surface area contributed by atoms with Crippen LogP contribution in [0.4, 0.5) is 5.00 Å². The first-order valence-electron chi connectivity index (χ1n) is 9.74. The summed E-state index contributed by atoms with van der Waals surface area (Å²) < 4.78 is 0. The second kappa shape index (κ2) is 9.98. The zero-order valence-electron chi connectivity index (χ0n) is 17.2. The molecular weight excluding hydrogens is 416 g/mol. The molecule has 1 amide bonds. The topological polar surface area (TPSA) is 134 Å². The van der Waals surface area contributed by atoms with Crippen molar-refractivity contribution in [3.8, 4) is 0 Å². The first-order valence-corrected chi connectivity index (χ1v) is 10.6. The van der Waals surface area contributed by atoms with Crippen LogP contribution in [-0.4, -0.2) is 51.2 Å². The number of amides is 1. The van der Waals surface area contributed by atoms with Crippen molar-refractivity contribution < 1.29 is 14.7 Å². The Kier molecular flexibility index (Phi) is 7.14. The molecule has 162 valence electrons. The Labute approximate surface area is 184 Å². The number of hydrogen-bond acceptors (Lipinski definition) is 8. The number of allylic oxidation sites excluding steroid dienone is 2. The van der Waals surface area contributed by atoms with Crippen LogP contribution in [0.3, 0.4) is 0 Å². The van der Waals surface area contributed by atoms with Crippen LogP contribution in [0.25, 0.3) is 5.57 Å². The fourth-order valence-electron chi connectivity index (χ4n) is 3.21. The average Bonchev–Trinajstić information content (AvgIpc) is 3.18. The molecule has 0 aromatic carbocycles. The van der Waals surface area contributed by atoms with E-state index in [2.05, 4.69) is 31.8 Å². The van der Waals surface area contributed by atoms with Crippen molar-refractivity contribution in [3.63, 3.8) is 0 Å². The molecule has 3 rings (SSSR count). The lowest BCUT2D eigenvalue weighted by atomic mass is 10.0. The van der Waals surface area contributed by atoms with Crippen molar-refractivity contribution in [1.82, 2.24) is 14.9 Å². The summed E-state index contributed by atoms with van der Waals surface area (Å²) in [7, 11) is 0. The molecular formula is C21H24N6O3S. The molecule has 1 fully saturated rings. The van der Waals surface area contributed by atoms with Crippen molar-refractivity contribution in [3.05, 3.63) is 58.9 Å². The van der Waals surface area contributed by atoms with Crippen LogP contribution < -0.4 is 11.1 Å². The molecule has 1 aliphatic rings. The number of nitrogens with zero attached hydrogens (tertiary/aromatic N) is 4. The van der Waals surface area contributed by atoms with Gasteiger partial charge in [0.15, 0.2) is 0 Å². The van der Waals surface area contributed by atoms with E-state index in [1.807, 2.05) is 0 Å².